The van der Waals surface area contributed by atoms with Crippen molar-refractivity contribution in [3.8, 4) is 11.5 Å². The van der Waals surface area contributed by atoms with Gasteiger partial charge in [0.2, 0.25) is 11.8 Å². The molecule has 2 aromatic rings. The molecule has 32 heavy (non-hydrogen) atoms. The molecule has 10 heteroatoms. The average molecular weight is 438 g/mol. The third-order valence-electron chi connectivity index (χ3n) is 5.42. The van der Waals surface area contributed by atoms with Crippen molar-refractivity contribution in [2.75, 3.05) is 44.5 Å². The van der Waals surface area contributed by atoms with Crippen LogP contribution in [-0.4, -0.2) is 66.8 Å². The molecule has 0 spiro atoms. The Morgan fingerprint density at radius 2 is 2.03 bits per heavy atom. The van der Waals surface area contributed by atoms with E-state index in [0.717, 1.165) is 6.42 Å². The molecule has 10 nitrogen and oxygen atoms in total. The summed E-state index contributed by atoms with van der Waals surface area (Å²) in [6.07, 6.45) is 4.73. The Morgan fingerprint density at radius 3 is 2.88 bits per heavy atom. The molecule has 1 unspecified atom stereocenters. The van der Waals surface area contributed by atoms with Crippen molar-refractivity contribution in [3.05, 3.63) is 30.1 Å². The lowest BCUT2D eigenvalue weighted by molar-refractivity contribution is -0.130. The summed E-state index contributed by atoms with van der Waals surface area (Å²) >= 11 is 0. The monoisotopic (exact) mass is 438 g/mol. The van der Waals surface area contributed by atoms with Crippen LogP contribution in [-0.2, 0) is 9.59 Å². The Kier molecular flexibility index (Phi) is 6.48. The van der Waals surface area contributed by atoms with Crippen molar-refractivity contribution >= 4 is 35.4 Å². The third-order valence-corrected chi connectivity index (χ3v) is 5.42. The molecule has 2 N–H and O–H groups in total. The van der Waals surface area contributed by atoms with Gasteiger partial charge in [0.15, 0.2) is 11.5 Å². The van der Waals surface area contributed by atoms with Crippen LogP contribution in [0.15, 0.2) is 29.5 Å². The molecule has 4 rings (SSSR count). The minimum absolute atomic E-state index is 0.0674. The zero-order valence-corrected chi connectivity index (χ0v) is 18.1. The lowest BCUT2D eigenvalue weighted by atomic mass is 10.0. The number of aromatic nitrogens is 2. The molecule has 168 valence electrons. The van der Waals surface area contributed by atoms with Crippen LogP contribution in [0, 0.1) is 0 Å². The van der Waals surface area contributed by atoms with Crippen LogP contribution >= 0.6 is 0 Å². The van der Waals surface area contributed by atoms with Crippen LogP contribution in [0.25, 0.3) is 0 Å². The van der Waals surface area contributed by atoms with E-state index in [1.807, 2.05) is 0 Å². The highest BCUT2D eigenvalue weighted by atomic mass is 16.5. The molecule has 2 aliphatic rings. The van der Waals surface area contributed by atoms with Gasteiger partial charge < -0.3 is 25.0 Å². The summed E-state index contributed by atoms with van der Waals surface area (Å²) in [6.45, 7) is 1.59. The summed E-state index contributed by atoms with van der Waals surface area (Å²) in [5, 5.41) is 6.06. The van der Waals surface area contributed by atoms with Gasteiger partial charge in [0.05, 0.1) is 25.0 Å². The fraction of sp³-hybridized carbons (Fsp3) is 0.409. The maximum Gasteiger partial charge on any atom is 0.238 e. The number of benzene rings is 1. The minimum atomic E-state index is -0.622. The lowest BCUT2D eigenvalue weighted by Crippen LogP contribution is -2.29. The van der Waals surface area contributed by atoms with E-state index in [1.54, 1.807) is 43.5 Å². The quantitative estimate of drug-likeness (QED) is 0.702. The second kappa shape index (κ2) is 9.63. The zero-order chi connectivity index (χ0) is 22.5. The van der Waals surface area contributed by atoms with E-state index in [1.165, 1.54) is 6.33 Å². The Morgan fingerprint density at radius 1 is 1.19 bits per heavy atom. The molecular weight excluding hydrogens is 412 g/mol. The van der Waals surface area contributed by atoms with Crippen LogP contribution in [0.5, 0.6) is 11.5 Å². The van der Waals surface area contributed by atoms with Gasteiger partial charge in [-0.2, -0.15) is 0 Å². The van der Waals surface area contributed by atoms with Crippen molar-refractivity contribution in [2.24, 2.45) is 4.99 Å². The SMILES string of the molecule is COc1ccc2cc1OCCCC(=O)N(C)CCCNc1ncnc3c1C(C=N2)C(=O)N3. The highest BCUT2D eigenvalue weighted by molar-refractivity contribution is 6.13. The summed E-state index contributed by atoms with van der Waals surface area (Å²) in [4.78, 5) is 39.7. The molecule has 2 amide bonds. The van der Waals surface area contributed by atoms with Crippen molar-refractivity contribution in [1.82, 2.24) is 14.9 Å². The molecule has 1 atom stereocenters. The van der Waals surface area contributed by atoms with Crippen LogP contribution in [0.2, 0.25) is 0 Å². The van der Waals surface area contributed by atoms with Gasteiger partial charge >= 0.3 is 0 Å². The molecule has 0 saturated carbocycles. The lowest BCUT2D eigenvalue weighted by Gasteiger charge is -2.18. The number of hydrogen-bond acceptors (Lipinski definition) is 8. The highest BCUT2D eigenvalue weighted by Gasteiger charge is 2.33. The third kappa shape index (κ3) is 4.63. The molecule has 3 heterocycles. The number of anilines is 2. The molecular formula is C22H26N6O4. The van der Waals surface area contributed by atoms with Crippen LogP contribution in [0.1, 0.15) is 30.7 Å². The first kappa shape index (κ1) is 21.5. The number of rotatable bonds is 1. The Balaban J connectivity index is 1.66. The van der Waals surface area contributed by atoms with Gasteiger partial charge in [-0.25, -0.2) is 9.97 Å². The Hall–Kier alpha value is -3.69. The first-order valence-electron chi connectivity index (χ1n) is 10.6. The van der Waals surface area contributed by atoms with Crippen LogP contribution in [0.3, 0.4) is 0 Å². The first-order valence-corrected chi connectivity index (χ1v) is 10.6. The number of ether oxygens (including phenoxy) is 2. The number of nitrogens with zero attached hydrogens (tertiary/aromatic N) is 4. The number of carbonyl (C=O) groups is 2. The largest absolute Gasteiger partial charge is 0.493 e. The summed E-state index contributed by atoms with van der Waals surface area (Å²) in [6, 6.07) is 5.30. The van der Waals surface area contributed by atoms with E-state index in [2.05, 4.69) is 25.6 Å². The molecule has 0 fully saturated rings. The van der Waals surface area contributed by atoms with Gasteiger partial charge in [-0.15, -0.1) is 0 Å². The number of nitrogens with one attached hydrogen (secondary N) is 2. The number of carbonyl (C=O) groups excluding carboxylic acids is 2. The van der Waals surface area contributed by atoms with Gasteiger partial charge in [0, 0.05) is 38.8 Å². The van der Waals surface area contributed by atoms with Gasteiger partial charge in [0.1, 0.15) is 23.9 Å². The maximum atomic E-state index is 12.6. The summed E-state index contributed by atoms with van der Waals surface area (Å²) in [5.74, 6) is 1.40. The van der Waals surface area contributed by atoms with Gasteiger partial charge in [-0.3, -0.25) is 14.6 Å². The minimum Gasteiger partial charge on any atom is -0.493 e. The fourth-order valence-electron chi connectivity index (χ4n) is 3.66. The van der Waals surface area contributed by atoms with E-state index in [4.69, 9.17) is 9.47 Å². The van der Waals surface area contributed by atoms with Crippen LogP contribution in [0.4, 0.5) is 17.3 Å². The van der Waals surface area contributed by atoms with E-state index >= 15 is 0 Å². The highest BCUT2D eigenvalue weighted by Crippen LogP contribution is 2.36. The van der Waals surface area contributed by atoms with Crippen LogP contribution < -0.4 is 20.1 Å². The predicted molar refractivity (Wildman–Crippen MR) is 120 cm³/mol. The van der Waals surface area contributed by atoms with E-state index in [-0.39, 0.29) is 11.8 Å². The topological polar surface area (TPSA) is 118 Å². The predicted octanol–water partition coefficient (Wildman–Crippen LogP) is 2.36. The maximum absolute atomic E-state index is 12.6. The smallest absolute Gasteiger partial charge is 0.238 e. The average Bonchev–Trinajstić information content (AvgIpc) is 3.12. The van der Waals surface area contributed by atoms with E-state index in [9.17, 15) is 9.59 Å². The molecule has 0 aliphatic carbocycles. The number of methoxy groups -OCH3 is 1. The number of aliphatic imine (C=N–C) groups is 1. The van der Waals surface area contributed by atoms with Crippen molar-refractivity contribution in [2.45, 2.75) is 25.2 Å². The molecule has 2 aliphatic heterocycles. The molecule has 1 aromatic carbocycles. The standard InChI is InChI=1S/C22H26N6O4/c1-28-9-4-8-23-20-19-15(22(30)27-21(19)26-13-25-20)12-24-14-6-7-16(31-2)17(11-14)32-10-3-5-18(28)29/h6-7,11-13,15H,3-5,8-10H2,1-2H3,(H2,23,25,26,27,30). The second-order valence-electron chi connectivity index (χ2n) is 7.61. The zero-order valence-electron chi connectivity index (χ0n) is 18.1. The normalized spacial score (nSPS) is 19.2. The molecule has 1 aromatic heterocycles. The molecule has 0 saturated heterocycles. The van der Waals surface area contributed by atoms with Crippen molar-refractivity contribution in [1.29, 1.82) is 0 Å². The van der Waals surface area contributed by atoms with Gasteiger partial charge in [-0.05, 0) is 25.0 Å². The number of amides is 2. The summed E-state index contributed by atoms with van der Waals surface area (Å²) in [7, 11) is 3.36. The summed E-state index contributed by atoms with van der Waals surface area (Å²) in [5.41, 5.74) is 1.28. The van der Waals surface area contributed by atoms with E-state index in [0.29, 0.717) is 66.9 Å². The Labute approximate surface area is 186 Å². The van der Waals surface area contributed by atoms with Crippen molar-refractivity contribution < 1.29 is 19.1 Å². The number of fused-ring (bicyclic) bond motifs is 2. The first-order chi connectivity index (χ1) is 15.6. The van der Waals surface area contributed by atoms with Crippen molar-refractivity contribution in [3.63, 3.8) is 0 Å². The van der Waals surface area contributed by atoms with E-state index < -0.39 is 5.92 Å². The fourth-order valence-corrected chi connectivity index (χ4v) is 3.66. The van der Waals surface area contributed by atoms with Gasteiger partial charge in [0.25, 0.3) is 0 Å². The molecule has 2 bridgehead atoms. The molecule has 0 radical (unpaired) electrons. The second-order valence-corrected chi connectivity index (χ2v) is 7.61. The number of hydrogen-bond donors (Lipinski definition) is 2. The Bertz CT molecular complexity index is 1040. The van der Waals surface area contributed by atoms with Gasteiger partial charge in [-0.1, -0.05) is 0 Å². The summed E-state index contributed by atoms with van der Waals surface area (Å²) < 4.78 is 11.2.